The van der Waals surface area contributed by atoms with Crippen LogP contribution < -0.4 is 10.6 Å². The molecule has 1 aromatic rings. The molecule has 1 aliphatic rings. The minimum Gasteiger partial charge on any atom is -0.382 e. The van der Waals surface area contributed by atoms with Crippen molar-refractivity contribution in [3.63, 3.8) is 0 Å². The van der Waals surface area contributed by atoms with Crippen LogP contribution in [-0.2, 0) is 0 Å². The van der Waals surface area contributed by atoms with E-state index < -0.39 is 0 Å². The van der Waals surface area contributed by atoms with Crippen LogP contribution in [0, 0.1) is 0 Å². The van der Waals surface area contributed by atoms with E-state index in [4.69, 9.17) is 0 Å². The van der Waals surface area contributed by atoms with Crippen molar-refractivity contribution in [3.05, 3.63) is 23.8 Å². The molecule has 0 radical (unpaired) electrons. The summed E-state index contributed by atoms with van der Waals surface area (Å²) in [5, 5.41) is 6.68. The van der Waals surface area contributed by atoms with Gasteiger partial charge in [0.2, 0.25) is 0 Å². The van der Waals surface area contributed by atoms with Crippen molar-refractivity contribution in [2.24, 2.45) is 0 Å². The van der Waals surface area contributed by atoms with Crippen LogP contribution in [0.15, 0.2) is 18.2 Å². The van der Waals surface area contributed by atoms with Gasteiger partial charge in [0.05, 0.1) is 16.9 Å². The summed E-state index contributed by atoms with van der Waals surface area (Å²) in [5.41, 5.74) is 2.74. The van der Waals surface area contributed by atoms with Crippen molar-refractivity contribution >= 4 is 17.3 Å². The highest BCUT2D eigenvalue weighted by atomic mass is 16.2. The fourth-order valence-electron chi connectivity index (χ4n) is 2.60. The Morgan fingerprint density at radius 2 is 1.95 bits per heavy atom. The van der Waals surface area contributed by atoms with Gasteiger partial charge in [-0.2, -0.15) is 0 Å². The van der Waals surface area contributed by atoms with Crippen LogP contribution in [0.3, 0.4) is 0 Å². The van der Waals surface area contributed by atoms with Crippen LogP contribution in [0.2, 0.25) is 0 Å². The molecule has 21 heavy (non-hydrogen) atoms. The zero-order chi connectivity index (χ0) is 15.2. The molecule has 0 atom stereocenters. The van der Waals surface area contributed by atoms with Gasteiger partial charge in [-0.15, -0.1) is 0 Å². The summed E-state index contributed by atoms with van der Waals surface area (Å²) in [7, 11) is 4.11. The lowest BCUT2D eigenvalue weighted by Crippen LogP contribution is -2.34. The molecule has 0 aliphatic carbocycles. The van der Waals surface area contributed by atoms with Gasteiger partial charge in [0.1, 0.15) is 0 Å². The molecular weight excluding hydrogens is 264 g/mol. The first kappa shape index (κ1) is 15.6. The molecule has 1 amide bonds. The molecule has 0 saturated carbocycles. The number of nitrogens with one attached hydrogen (secondary N) is 2. The SMILES string of the molecule is CCN(CCCN(C)C)C(=O)c1cccc2c1NCCN2. The third-order valence-electron chi connectivity index (χ3n) is 3.74. The number of hydrogen-bond acceptors (Lipinski definition) is 4. The lowest BCUT2D eigenvalue weighted by Gasteiger charge is -2.26. The van der Waals surface area contributed by atoms with Crippen LogP contribution >= 0.6 is 0 Å². The summed E-state index contributed by atoms with van der Waals surface area (Å²) in [6.45, 7) is 6.31. The zero-order valence-electron chi connectivity index (χ0n) is 13.3. The van der Waals surface area contributed by atoms with Crippen LogP contribution in [0.4, 0.5) is 11.4 Å². The number of rotatable bonds is 6. The van der Waals surface area contributed by atoms with Gasteiger partial charge in [-0.25, -0.2) is 0 Å². The quantitative estimate of drug-likeness (QED) is 0.840. The van der Waals surface area contributed by atoms with Crippen molar-refractivity contribution < 1.29 is 4.79 Å². The smallest absolute Gasteiger partial charge is 0.256 e. The second kappa shape index (κ2) is 7.31. The number of anilines is 2. The van der Waals surface area contributed by atoms with E-state index >= 15 is 0 Å². The standard InChI is InChI=1S/C16H26N4O/c1-4-20(12-6-11-19(2)3)16(21)13-7-5-8-14-15(13)18-10-9-17-14/h5,7-8,17-18H,4,6,9-12H2,1-3H3. The fourth-order valence-corrected chi connectivity index (χ4v) is 2.60. The van der Waals surface area contributed by atoms with Gasteiger partial charge in [-0.1, -0.05) is 6.07 Å². The second-order valence-corrected chi connectivity index (χ2v) is 5.62. The van der Waals surface area contributed by atoms with Crippen molar-refractivity contribution in [2.75, 3.05) is 57.5 Å². The molecule has 2 rings (SSSR count). The number of hydrogen-bond donors (Lipinski definition) is 2. The van der Waals surface area contributed by atoms with Crippen molar-refractivity contribution in [1.82, 2.24) is 9.80 Å². The highest BCUT2D eigenvalue weighted by Crippen LogP contribution is 2.29. The average Bonchev–Trinajstić information content (AvgIpc) is 2.50. The summed E-state index contributed by atoms with van der Waals surface area (Å²) < 4.78 is 0. The summed E-state index contributed by atoms with van der Waals surface area (Å²) in [6, 6.07) is 5.87. The Kier molecular flexibility index (Phi) is 5.44. The Balaban J connectivity index is 2.10. The number of nitrogens with zero attached hydrogens (tertiary/aromatic N) is 2. The van der Waals surface area contributed by atoms with E-state index in [0.717, 1.165) is 56.1 Å². The van der Waals surface area contributed by atoms with Gasteiger partial charge in [0.15, 0.2) is 0 Å². The second-order valence-electron chi connectivity index (χ2n) is 5.62. The zero-order valence-corrected chi connectivity index (χ0v) is 13.3. The van der Waals surface area contributed by atoms with Gasteiger partial charge in [-0.3, -0.25) is 4.79 Å². The van der Waals surface area contributed by atoms with Crippen LogP contribution in [0.5, 0.6) is 0 Å². The van der Waals surface area contributed by atoms with E-state index in [1.165, 1.54) is 0 Å². The van der Waals surface area contributed by atoms with Gasteiger partial charge in [-0.05, 0) is 46.1 Å². The average molecular weight is 290 g/mol. The molecule has 0 saturated heterocycles. The highest BCUT2D eigenvalue weighted by Gasteiger charge is 2.20. The van der Waals surface area contributed by atoms with Gasteiger partial charge in [0.25, 0.3) is 5.91 Å². The first-order chi connectivity index (χ1) is 10.1. The van der Waals surface area contributed by atoms with Crippen molar-refractivity contribution in [2.45, 2.75) is 13.3 Å². The van der Waals surface area contributed by atoms with E-state index in [1.807, 2.05) is 30.0 Å². The monoisotopic (exact) mass is 290 g/mol. The number of para-hydroxylation sites is 1. The van der Waals surface area contributed by atoms with Gasteiger partial charge in [0, 0.05) is 26.2 Å². The Labute approximate surface area is 127 Å². The Morgan fingerprint density at radius 1 is 1.19 bits per heavy atom. The predicted molar refractivity (Wildman–Crippen MR) is 88.2 cm³/mol. The molecule has 0 spiro atoms. The van der Waals surface area contributed by atoms with Gasteiger partial charge >= 0.3 is 0 Å². The molecule has 0 fully saturated rings. The lowest BCUT2D eigenvalue weighted by atomic mass is 10.1. The topological polar surface area (TPSA) is 47.6 Å². The maximum absolute atomic E-state index is 12.8. The Bertz CT molecular complexity index is 487. The summed E-state index contributed by atoms with van der Waals surface area (Å²) in [4.78, 5) is 16.8. The van der Waals surface area contributed by atoms with Crippen molar-refractivity contribution in [3.8, 4) is 0 Å². The highest BCUT2D eigenvalue weighted by molar-refractivity contribution is 6.02. The first-order valence-corrected chi connectivity index (χ1v) is 7.68. The maximum Gasteiger partial charge on any atom is 0.256 e. The van der Waals surface area contributed by atoms with E-state index in [9.17, 15) is 4.79 Å². The fraction of sp³-hybridized carbons (Fsp3) is 0.562. The normalized spacial score (nSPS) is 13.3. The third kappa shape index (κ3) is 3.88. The minimum atomic E-state index is 0.115. The molecule has 1 aliphatic heterocycles. The molecular formula is C16H26N4O. The number of amides is 1. The molecule has 0 unspecified atom stereocenters. The number of carbonyl (C=O) groups excluding carboxylic acids is 1. The van der Waals surface area contributed by atoms with E-state index in [2.05, 4.69) is 29.6 Å². The first-order valence-electron chi connectivity index (χ1n) is 7.68. The lowest BCUT2D eigenvalue weighted by molar-refractivity contribution is 0.0760. The maximum atomic E-state index is 12.8. The predicted octanol–water partition coefficient (Wildman–Crippen LogP) is 1.94. The molecule has 1 heterocycles. The van der Waals surface area contributed by atoms with E-state index in [0.29, 0.717) is 0 Å². The molecule has 1 aromatic carbocycles. The van der Waals surface area contributed by atoms with Gasteiger partial charge < -0.3 is 20.4 Å². The molecule has 5 nitrogen and oxygen atoms in total. The largest absolute Gasteiger partial charge is 0.382 e. The molecule has 0 aromatic heterocycles. The summed E-state index contributed by atoms with van der Waals surface area (Å²) >= 11 is 0. The van der Waals surface area contributed by atoms with E-state index in [-0.39, 0.29) is 5.91 Å². The molecule has 2 N–H and O–H groups in total. The summed E-state index contributed by atoms with van der Waals surface area (Å²) in [6.07, 6.45) is 0.993. The Morgan fingerprint density at radius 3 is 2.67 bits per heavy atom. The number of carbonyl (C=O) groups is 1. The molecule has 5 heteroatoms. The minimum absolute atomic E-state index is 0.115. The molecule has 0 bridgehead atoms. The summed E-state index contributed by atoms with van der Waals surface area (Å²) in [5.74, 6) is 0.115. The van der Waals surface area contributed by atoms with E-state index in [1.54, 1.807) is 0 Å². The third-order valence-corrected chi connectivity index (χ3v) is 3.74. The van der Waals surface area contributed by atoms with Crippen LogP contribution in [-0.4, -0.2) is 62.5 Å². The van der Waals surface area contributed by atoms with Crippen molar-refractivity contribution in [1.29, 1.82) is 0 Å². The molecule has 116 valence electrons. The van der Waals surface area contributed by atoms with Crippen LogP contribution in [0.25, 0.3) is 0 Å². The number of fused-ring (bicyclic) bond motifs is 1. The van der Waals surface area contributed by atoms with Crippen LogP contribution in [0.1, 0.15) is 23.7 Å². The number of benzene rings is 1. The Hall–Kier alpha value is -1.75.